The molecule has 3 nitrogen and oxygen atoms in total. The second kappa shape index (κ2) is 6.16. The number of halogens is 2. The highest BCUT2D eigenvalue weighted by molar-refractivity contribution is 9.10. The van der Waals surface area contributed by atoms with Crippen LogP contribution in [-0.2, 0) is 0 Å². The van der Waals surface area contributed by atoms with Crippen molar-refractivity contribution < 1.29 is 13.6 Å². The summed E-state index contributed by atoms with van der Waals surface area (Å²) in [5.74, 6) is 0.117. The first-order chi connectivity index (χ1) is 11.0. The quantitative estimate of drug-likeness (QED) is 0.632. The molecule has 1 heterocycles. The molecule has 0 saturated heterocycles. The topological polar surface area (TPSA) is 33.5 Å². The Balaban J connectivity index is 1.89. The molecule has 0 N–H and O–H groups in total. The number of fused-ring (bicyclic) bond motifs is 1. The van der Waals surface area contributed by atoms with Crippen molar-refractivity contribution in [2.75, 3.05) is 7.05 Å². The van der Waals surface area contributed by atoms with Gasteiger partial charge in [-0.3, -0.25) is 4.79 Å². The highest BCUT2D eigenvalue weighted by Gasteiger charge is 2.23. The normalized spacial score (nSPS) is 12.3. The fraction of sp³-hybridized carbons (Fsp3) is 0.167. The highest BCUT2D eigenvalue weighted by Crippen LogP contribution is 2.28. The van der Waals surface area contributed by atoms with E-state index in [-0.39, 0.29) is 17.8 Å². The maximum Gasteiger partial charge on any atom is 0.255 e. The fourth-order valence-electron chi connectivity index (χ4n) is 2.43. The molecule has 3 aromatic rings. The van der Waals surface area contributed by atoms with Gasteiger partial charge in [0.25, 0.3) is 5.91 Å². The van der Waals surface area contributed by atoms with E-state index in [0.29, 0.717) is 15.8 Å². The lowest BCUT2D eigenvalue weighted by Crippen LogP contribution is -2.29. The molecular formula is C18H15BrFNO2. The van der Waals surface area contributed by atoms with Crippen LogP contribution >= 0.6 is 15.9 Å². The molecule has 0 fully saturated rings. The van der Waals surface area contributed by atoms with Crippen molar-refractivity contribution in [2.24, 2.45) is 0 Å². The minimum Gasteiger partial charge on any atom is -0.459 e. The number of para-hydroxylation sites is 1. The van der Waals surface area contributed by atoms with Crippen LogP contribution in [0.5, 0.6) is 0 Å². The number of amides is 1. The second-order valence-corrected chi connectivity index (χ2v) is 6.26. The maximum atomic E-state index is 13.2. The van der Waals surface area contributed by atoms with Crippen LogP contribution in [0.1, 0.15) is 29.1 Å². The number of nitrogens with zero attached hydrogens (tertiary/aromatic N) is 1. The van der Waals surface area contributed by atoms with Crippen molar-refractivity contribution in [3.8, 4) is 0 Å². The Morgan fingerprint density at radius 1 is 1.22 bits per heavy atom. The lowest BCUT2D eigenvalue weighted by Gasteiger charge is -2.23. The van der Waals surface area contributed by atoms with E-state index in [2.05, 4.69) is 15.9 Å². The molecule has 0 aliphatic rings. The molecular weight excluding hydrogens is 361 g/mol. The molecule has 3 rings (SSSR count). The smallest absolute Gasteiger partial charge is 0.255 e. The van der Waals surface area contributed by atoms with E-state index in [1.54, 1.807) is 11.9 Å². The maximum absolute atomic E-state index is 13.2. The molecule has 0 saturated carbocycles. The van der Waals surface area contributed by atoms with Gasteiger partial charge in [-0.2, -0.15) is 0 Å². The Kier molecular flexibility index (Phi) is 4.22. The number of carbonyl (C=O) groups is 1. The van der Waals surface area contributed by atoms with Gasteiger partial charge in [-0.15, -0.1) is 0 Å². The summed E-state index contributed by atoms with van der Waals surface area (Å²) in [7, 11) is 1.70. The van der Waals surface area contributed by atoms with Crippen molar-refractivity contribution in [3.63, 3.8) is 0 Å². The molecule has 2 aromatic carbocycles. The van der Waals surface area contributed by atoms with E-state index in [1.165, 1.54) is 18.2 Å². The predicted octanol–water partition coefficient (Wildman–Crippen LogP) is 5.17. The number of benzene rings is 2. The van der Waals surface area contributed by atoms with E-state index >= 15 is 0 Å². The first-order valence-electron chi connectivity index (χ1n) is 7.18. The summed E-state index contributed by atoms with van der Waals surface area (Å²) < 4.78 is 19.4. The van der Waals surface area contributed by atoms with E-state index in [0.717, 1.165) is 11.0 Å². The van der Waals surface area contributed by atoms with E-state index in [4.69, 9.17) is 4.42 Å². The minimum absolute atomic E-state index is 0.204. The molecule has 118 valence electrons. The Morgan fingerprint density at radius 2 is 1.96 bits per heavy atom. The Morgan fingerprint density at radius 3 is 2.65 bits per heavy atom. The molecule has 1 aromatic heterocycles. The first kappa shape index (κ1) is 15.7. The molecule has 0 spiro atoms. The van der Waals surface area contributed by atoms with Crippen molar-refractivity contribution in [3.05, 3.63) is 70.1 Å². The van der Waals surface area contributed by atoms with Crippen LogP contribution in [0.3, 0.4) is 0 Å². The number of hydrogen-bond donors (Lipinski definition) is 0. The molecule has 0 bridgehead atoms. The number of hydrogen-bond acceptors (Lipinski definition) is 2. The standard InChI is InChI=1S/C18H15BrFNO2/c1-11(17-9-12-5-3-4-6-16(12)23-17)21(2)18(22)14-8-7-13(20)10-15(14)19/h3-11H,1-2H3. The Hall–Kier alpha value is -2.14. The molecule has 5 heteroatoms. The number of carbonyl (C=O) groups excluding carboxylic acids is 1. The molecule has 1 atom stereocenters. The third-order valence-electron chi connectivity index (χ3n) is 3.92. The Labute approximate surface area is 141 Å². The van der Waals surface area contributed by atoms with Gasteiger partial charge in [-0.25, -0.2) is 4.39 Å². The van der Waals surface area contributed by atoms with Crippen LogP contribution < -0.4 is 0 Å². The zero-order valence-corrected chi connectivity index (χ0v) is 14.3. The Bertz CT molecular complexity index is 841. The van der Waals surface area contributed by atoms with Gasteiger partial charge in [0.15, 0.2) is 0 Å². The summed E-state index contributed by atoms with van der Waals surface area (Å²) in [6, 6.07) is 13.4. The summed E-state index contributed by atoms with van der Waals surface area (Å²) in [6.07, 6.45) is 0. The molecule has 0 aliphatic carbocycles. The average molecular weight is 376 g/mol. The molecule has 0 aliphatic heterocycles. The van der Waals surface area contributed by atoms with Crippen LogP contribution in [0, 0.1) is 5.82 Å². The molecule has 23 heavy (non-hydrogen) atoms. The van der Waals surface area contributed by atoms with Crippen molar-refractivity contribution in [2.45, 2.75) is 13.0 Å². The summed E-state index contributed by atoms with van der Waals surface area (Å²) in [4.78, 5) is 14.2. The zero-order chi connectivity index (χ0) is 16.6. The van der Waals surface area contributed by atoms with Gasteiger partial charge in [0.2, 0.25) is 0 Å². The minimum atomic E-state index is -0.388. The molecule has 0 radical (unpaired) electrons. The van der Waals surface area contributed by atoms with Gasteiger partial charge < -0.3 is 9.32 Å². The van der Waals surface area contributed by atoms with E-state index in [9.17, 15) is 9.18 Å². The van der Waals surface area contributed by atoms with Crippen molar-refractivity contribution >= 4 is 32.8 Å². The largest absolute Gasteiger partial charge is 0.459 e. The van der Waals surface area contributed by atoms with Gasteiger partial charge in [0.05, 0.1) is 11.6 Å². The monoisotopic (exact) mass is 375 g/mol. The summed E-state index contributed by atoms with van der Waals surface area (Å²) in [5, 5.41) is 0.998. The summed E-state index contributed by atoms with van der Waals surface area (Å²) >= 11 is 3.24. The summed E-state index contributed by atoms with van der Waals surface area (Å²) in [5.41, 5.74) is 1.20. The predicted molar refractivity (Wildman–Crippen MR) is 90.8 cm³/mol. The van der Waals surface area contributed by atoms with Crippen molar-refractivity contribution in [1.82, 2.24) is 4.90 Å². The van der Waals surface area contributed by atoms with E-state index in [1.807, 2.05) is 37.3 Å². The number of rotatable bonds is 3. The van der Waals surface area contributed by atoms with Gasteiger partial charge in [-0.05, 0) is 53.2 Å². The zero-order valence-electron chi connectivity index (χ0n) is 12.7. The van der Waals surface area contributed by atoms with Crippen LogP contribution in [0.25, 0.3) is 11.0 Å². The lowest BCUT2D eigenvalue weighted by molar-refractivity contribution is 0.0726. The SMILES string of the molecule is CC(c1cc2ccccc2o1)N(C)C(=O)c1ccc(F)cc1Br. The van der Waals surface area contributed by atoms with Crippen LogP contribution in [-0.4, -0.2) is 17.9 Å². The van der Waals surface area contributed by atoms with Gasteiger partial charge >= 0.3 is 0 Å². The van der Waals surface area contributed by atoms with Gasteiger partial charge in [-0.1, -0.05) is 18.2 Å². The van der Waals surface area contributed by atoms with Crippen LogP contribution in [0.15, 0.2) is 57.4 Å². The van der Waals surface area contributed by atoms with Gasteiger partial charge in [0.1, 0.15) is 17.2 Å². The van der Waals surface area contributed by atoms with Crippen LogP contribution in [0.2, 0.25) is 0 Å². The third kappa shape index (κ3) is 3.01. The summed E-state index contributed by atoms with van der Waals surface area (Å²) in [6.45, 7) is 1.90. The first-order valence-corrected chi connectivity index (χ1v) is 7.97. The van der Waals surface area contributed by atoms with Crippen molar-refractivity contribution in [1.29, 1.82) is 0 Å². The molecule has 1 unspecified atom stereocenters. The average Bonchev–Trinajstić information content (AvgIpc) is 2.97. The number of furan rings is 1. The van der Waals surface area contributed by atoms with Gasteiger partial charge in [0, 0.05) is 16.9 Å². The highest BCUT2D eigenvalue weighted by atomic mass is 79.9. The fourth-order valence-corrected chi connectivity index (χ4v) is 2.95. The van der Waals surface area contributed by atoms with E-state index < -0.39 is 0 Å². The second-order valence-electron chi connectivity index (χ2n) is 5.40. The molecule has 1 amide bonds. The third-order valence-corrected chi connectivity index (χ3v) is 4.58. The van der Waals surface area contributed by atoms with Crippen LogP contribution in [0.4, 0.5) is 4.39 Å². The lowest BCUT2D eigenvalue weighted by atomic mass is 10.1.